The second kappa shape index (κ2) is 9.00. The van der Waals surface area contributed by atoms with E-state index < -0.39 is 0 Å². The molecule has 6 heteroatoms. The summed E-state index contributed by atoms with van der Waals surface area (Å²) in [5.41, 5.74) is 3.73. The topological polar surface area (TPSA) is 59.2 Å². The van der Waals surface area contributed by atoms with Crippen LogP contribution in [0.3, 0.4) is 0 Å². The minimum Gasteiger partial charge on any atom is -0.337 e. The van der Waals surface area contributed by atoms with Crippen LogP contribution in [-0.2, 0) is 6.54 Å². The SMILES string of the molecule is Cc1cc(C)cc(C(=O)N(Cc2nc(-c3ccc(Cl)cc3)no2)C2CCCCC2)c1. The number of rotatable bonds is 5. The third kappa shape index (κ3) is 4.73. The molecule has 4 rings (SSSR count). The Morgan fingerprint density at radius 3 is 2.40 bits per heavy atom. The van der Waals surface area contributed by atoms with Gasteiger partial charge in [0.1, 0.15) is 6.54 Å². The van der Waals surface area contributed by atoms with Gasteiger partial charge in [-0.1, -0.05) is 53.2 Å². The molecular formula is C24H26ClN3O2. The van der Waals surface area contributed by atoms with Crippen LogP contribution in [0.15, 0.2) is 47.0 Å². The molecule has 1 saturated carbocycles. The number of halogens is 1. The Labute approximate surface area is 182 Å². The Morgan fingerprint density at radius 2 is 1.73 bits per heavy atom. The molecule has 3 aromatic rings. The summed E-state index contributed by atoms with van der Waals surface area (Å²) in [6.45, 7) is 4.35. The first kappa shape index (κ1) is 20.6. The number of hydrogen-bond acceptors (Lipinski definition) is 4. The maximum Gasteiger partial charge on any atom is 0.254 e. The number of carbonyl (C=O) groups is 1. The van der Waals surface area contributed by atoms with Crippen LogP contribution in [0, 0.1) is 13.8 Å². The second-order valence-electron chi connectivity index (χ2n) is 8.12. The summed E-state index contributed by atoms with van der Waals surface area (Å²) in [4.78, 5) is 20.0. The number of aromatic nitrogens is 2. The number of hydrogen-bond donors (Lipinski definition) is 0. The zero-order chi connectivity index (χ0) is 21.1. The van der Waals surface area contributed by atoms with Crippen molar-refractivity contribution in [2.45, 2.75) is 58.5 Å². The van der Waals surface area contributed by atoms with Gasteiger partial charge in [-0.3, -0.25) is 4.79 Å². The van der Waals surface area contributed by atoms with Gasteiger partial charge in [-0.2, -0.15) is 4.98 Å². The molecule has 1 aromatic heterocycles. The quantitative estimate of drug-likeness (QED) is 0.506. The van der Waals surface area contributed by atoms with E-state index in [1.165, 1.54) is 6.42 Å². The molecule has 0 atom stereocenters. The highest BCUT2D eigenvalue weighted by Crippen LogP contribution is 2.27. The number of aryl methyl sites for hydroxylation is 2. The van der Waals surface area contributed by atoms with Crippen molar-refractivity contribution in [1.29, 1.82) is 0 Å². The van der Waals surface area contributed by atoms with E-state index in [0.29, 0.717) is 23.3 Å². The molecule has 5 nitrogen and oxygen atoms in total. The molecule has 0 saturated heterocycles. The van der Waals surface area contributed by atoms with Gasteiger partial charge in [0.2, 0.25) is 11.7 Å². The Bertz CT molecular complexity index is 1000. The predicted octanol–water partition coefficient (Wildman–Crippen LogP) is 5.98. The lowest BCUT2D eigenvalue weighted by Gasteiger charge is -2.33. The Balaban J connectivity index is 1.60. The highest BCUT2D eigenvalue weighted by atomic mass is 35.5. The van der Waals surface area contributed by atoms with Gasteiger partial charge in [0.05, 0.1) is 0 Å². The van der Waals surface area contributed by atoms with E-state index in [1.807, 2.05) is 43.0 Å². The standard InChI is InChI=1S/C24H26ClN3O2/c1-16-12-17(2)14-19(13-16)24(29)28(21-6-4-3-5-7-21)15-22-26-23(27-30-22)18-8-10-20(25)11-9-18/h8-14,21H,3-7,15H2,1-2H3. The van der Waals surface area contributed by atoms with Crippen LogP contribution in [0.25, 0.3) is 11.4 Å². The van der Waals surface area contributed by atoms with Crippen LogP contribution < -0.4 is 0 Å². The molecule has 1 heterocycles. The van der Waals surface area contributed by atoms with Gasteiger partial charge in [0.15, 0.2) is 0 Å². The van der Waals surface area contributed by atoms with Gasteiger partial charge in [-0.05, 0) is 63.1 Å². The zero-order valence-electron chi connectivity index (χ0n) is 17.4. The first-order valence-corrected chi connectivity index (χ1v) is 10.9. The fraction of sp³-hybridized carbons (Fsp3) is 0.375. The number of benzene rings is 2. The van der Waals surface area contributed by atoms with Crippen LogP contribution in [0.1, 0.15) is 59.5 Å². The molecule has 0 radical (unpaired) electrons. The maximum atomic E-state index is 13.5. The van der Waals surface area contributed by atoms with E-state index >= 15 is 0 Å². The summed E-state index contributed by atoms with van der Waals surface area (Å²) in [7, 11) is 0. The summed E-state index contributed by atoms with van der Waals surface area (Å²) in [6, 6.07) is 13.5. The molecule has 156 valence electrons. The van der Waals surface area contributed by atoms with Gasteiger partial charge in [-0.15, -0.1) is 0 Å². The van der Waals surface area contributed by atoms with Crippen molar-refractivity contribution in [1.82, 2.24) is 15.0 Å². The van der Waals surface area contributed by atoms with Crippen molar-refractivity contribution in [3.05, 3.63) is 70.1 Å². The minimum absolute atomic E-state index is 0.0277. The highest BCUT2D eigenvalue weighted by molar-refractivity contribution is 6.30. The first-order valence-electron chi connectivity index (χ1n) is 10.5. The molecule has 30 heavy (non-hydrogen) atoms. The monoisotopic (exact) mass is 423 g/mol. The van der Waals surface area contributed by atoms with Crippen LogP contribution >= 0.6 is 11.6 Å². The van der Waals surface area contributed by atoms with Crippen molar-refractivity contribution < 1.29 is 9.32 Å². The largest absolute Gasteiger partial charge is 0.337 e. The van der Waals surface area contributed by atoms with E-state index in [2.05, 4.69) is 16.2 Å². The van der Waals surface area contributed by atoms with Gasteiger partial charge in [0, 0.05) is 22.2 Å². The van der Waals surface area contributed by atoms with Crippen LogP contribution in [-0.4, -0.2) is 27.0 Å². The number of carbonyl (C=O) groups excluding carboxylic acids is 1. The molecule has 0 bridgehead atoms. The first-order chi connectivity index (χ1) is 14.5. The summed E-state index contributed by atoms with van der Waals surface area (Å²) in [5.74, 6) is 0.979. The molecule has 0 unspecified atom stereocenters. The average Bonchev–Trinajstić information content (AvgIpc) is 3.21. The normalized spacial score (nSPS) is 14.6. The lowest BCUT2D eigenvalue weighted by atomic mass is 9.93. The highest BCUT2D eigenvalue weighted by Gasteiger charge is 2.28. The smallest absolute Gasteiger partial charge is 0.254 e. The van der Waals surface area contributed by atoms with Crippen LogP contribution in [0.5, 0.6) is 0 Å². The maximum absolute atomic E-state index is 13.5. The van der Waals surface area contributed by atoms with Crippen molar-refractivity contribution in [2.75, 3.05) is 0 Å². The van der Waals surface area contributed by atoms with Crippen LogP contribution in [0.4, 0.5) is 0 Å². The molecule has 1 amide bonds. The van der Waals surface area contributed by atoms with Gasteiger partial charge in [-0.25, -0.2) is 0 Å². The Morgan fingerprint density at radius 1 is 1.07 bits per heavy atom. The summed E-state index contributed by atoms with van der Waals surface area (Å²) in [5, 5.41) is 4.76. The summed E-state index contributed by atoms with van der Waals surface area (Å²) >= 11 is 5.97. The lowest BCUT2D eigenvalue weighted by Crippen LogP contribution is -2.41. The number of nitrogens with zero attached hydrogens (tertiary/aromatic N) is 3. The molecule has 0 spiro atoms. The summed E-state index contributed by atoms with van der Waals surface area (Å²) < 4.78 is 5.52. The zero-order valence-corrected chi connectivity index (χ0v) is 18.2. The molecule has 0 aliphatic heterocycles. The van der Waals surface area contributed by atoms with E-state index in [9.17, 15) is 4.79 Å². The fourth-order valence-corrected chi connectivity index (χ4v) is 4.33. The van der Waals surface area contributed by atoms with E-state index in [-0.39, 0.29) is 11.9 Å². The average molecular weight is 424 g/mol. The van der Waals surface area contributed by atoms with Gasteiger partial charge >= 0.3 is 0 Å². The van der Waals surface area contributed by atoms with Crippen molar-refractivity contribution >= 4 is 17.5 Å². The second-order valence-corrected chi connectivity index (χ2v) is 8.56. The molecule has 1 fully saturated rings. The van der Waals surface area contributed by atoms with Crippen molar-refractivity contribution in [3.8, 4) is 11.4 Å². The summed E-state index contributed by atoms with van der Waals surface area (Å²) in [6.07, 6.45) is 5.52. The molecular weight excluding hydrogens is 398 g/mol. The van der Waals surface area contributed by atoms with Crippen LogP contribution in [0.2, 0.25) is 5.02 Å². The fourth-order valence-electron chi connectivity index (χ4n) is 4.20. The molecule has 1 aliphatic rings. The van der Waals surface area contributed by atoms with E-state index in [4.69, 9.17) is 16.1 Å². The predicted molar refractivity (Wildman–Crippen MR) is 117 cm³/mol. The third-order valence-corrected chi connectivity index (χ3v) is 5.87. The van der Waals surface area contributed by atoms with Crippen molar-refractivity contribution in [3.63, 3.8) is 0 Å². The Hall–Kier alpha value is -2.66. The van der Waals surface area contributed by atoms with E-state index in [0.717, 1.165) is 47.9 Å². The van der Waals surface area contributed by atoms with Gasteiger partial charge < -0.3 is 9.42 Å². The van der Waals surface area contributed by atoms with E-state index in [1.54, 1.807) is 12.1 Å². The third-order valence-electron chi connectivity index (χ3n) is 5.62. The molecule has 1 aliphatic carbocycles. The molecule has 2 aromatic carbocycles. The lowest BCUT2D eigenvalue weighted by molar-refractivity contribution is 0.0586. The molecule has 0 N–H and O–H groups in total. The van der Waals surface area contributed by atoms with Crippen molar-refractivity contribution in [2.24, 2.45) is 0 Å². The minimum atomic E-state index is 0.0277. The van der Waals surface area contributed by atoms with Gasteiger partial charge in [0.25, 0.3) is 5.91 Å². The Kier molecular flexibility index (Phi) is 6.18. The number of amides is 1.